The number of fused-ring (bicyclic) bond motifs is 1. The third-order valence-corrected chi connectivity index (χ3v) is 7.40. The first-order valence-electron chi connectivity index (χ1n) is 9.70. The minimum Gasteiger partial charge on any atom is -0.300 e. The molecule has 7 heteroatoms. The largest absolute Gasteiger partial charge is 0.300 e. The van der Waals surface area contributed by atoms with Gasteiger partial charge in [0.05, 0.1) is 12.1 Å². The molecule has 0 N–H and O–H groups in total. The molecule has 0 saturated carbocycles. The van der Waals surface area contributed by atoms with E-state index in [1.165, 1.54) is 11.6 Å². The molecule has 2 aliphatic heterocycles. The fraction of sp³-hybridized carbons (Fsp3) is 0.381. The Morgan fingerprint density at radius 3 is 2.04 bits per heavy atom. The molecule has 1 fully saturated rings. The zero-order chi connectivity index (χ0) is 19.6. The summed E-state index contributed by atoms with van der Waals surface area (Å²) in [5.41, 5.74) is 1.63. The summed E-state index contributed by atoms with van der Waals surface area (Å²) in [6.45, 7) is 5.53. The molecule has 1 amide bonds. The summed E-state index contributed by atoms with van der Waals surface area (Å²) in [4.78, 5) is 17.3. The van der Waals surface area contributed by atoms with E-state index in [1.54, 1.807) is 18.2 Å². The maximum Gasteiger partial charge on any atom is 0.269 e. The standard InChI is InChI=1S/C21H25N3O3S/c25-21-19-8-4-5-9-20(19)28(26,27)24(21)17-16-23-14-12-22(13-15-23)11-10-18-6-2-1-3-7-18/h1-9H,10-17H2. The Morgan fingerprint density at radius 1 is 0.750 bits per heavy atom. The number of carbonyl (C=O) groups is 1. The van der Waals surface area contributed by atoms with Crippen LogP contribution in [0.5, 0.6) is 0 Å². The molecular formula is C21H25N3O3S. The van der Waals surface area contributed by atoms with Crippen LogP contribution in [-0.2, 0) is 16.4 Å². The first-order valence-corrected chi connectivity index (χ1v) is 11.1. The fourth-order valence-corrected chi connectivity index (χ4v) is 5.41. The average Bonchev–Trinajstić information content (AvgIpc) is 2.92. The molecule has 0 aliphatic carbocycles. The molecule has 2 aromatic carbocycles. The topological polar surface area (TPSA) is 60.9 Å². The molecule has 0 aromatic heterocycles. The molecule has 148 valence electrons. The van der Waals surface area contributed by atoms with Crippen LogP contribution >= 0.6 is 0 Å². The van der Waals surface area contributed by atoms with Crippen LogP contribution in [0.3, 0.4) is 0 Å². The summed E-state index contributed by atoms with van der Waals surface area (Å²) >= 11 is 0. The number of hydrogen-bond acceptors (Lipinski definition) is 5. The van der Waals surface area contributed by atoms with E-state index in [1.807, 2.05) is 6.07 Å². The van der Waals surface area contributed by atoms with E-state index in [0.717, 1.165) is 43.4 Å². The molecule has 0 unspecified atom stereocenters. The van der Waals surface area contributed by atoms with Crippen LogP contribution < -0.4 is 0 Å². The highest BCUT2D eigenvalue weighted by Crippen LogP contribution is 2.29. The maximum atomic E-state index is 12.6. The lowest BCUT2D eigenvalue weighted by atomic mass is 10.1. The van der Waals surface area contributed by atoms with Crippen molar-refractivity contribution in [2.24, 2.45) is 0 Å². The summed E-state index contributed by atoms with van der Waals surface area (Å²) in [5, 5.41) is 0. The van der Waals surface area contributed by atoms with Crippen LogP contribution in [-0.4, -0.2) is 74.2 Å². The number of hydrogen-bond donors (Lipinski definition) is 0. The van der Waals surface area contributed by atoms with Crippen LogP contribution in [0, 0.1) is 0 Å². The van der Waals surface area contributed by atoms with Gasteiger partial charge >= 0.3 is 0 Å². The predicted molar refractivity (Wildman–Crippen MR) is 108 cm³/mol. The molecule has 4 rings (SSSR count). The van der Waals surface area contributed by atoms with E-state index >= 15 is 0 Å². The lowest BCUT2D eigenvalue weighted by molar-refractivity contribution is 0.0839. The van der Waals surface area contributed by atoms with Gasteiger partial charge in [0.25, 0.3) is 15.9 Å². The Balaban J connectivity index is 1.26. The van der Waals surface area contributed by atoms with Gasteiger partial charge in [0.1, 0.15) is 4.90 Å². The number of benzene rings is 2. The zero-order valence-corrected chi connectivity index (χ0v) is 16.6. The van der Waals surface area contributed by atoms with Crippen LogP contribution in [0.25, 0.3) is 0 Å². The molecule has 28 heavy (non-hydrogen) atoms. The van der Waals surface area contributed by atoms with Gasteiger partial charge in [-0.3, -0.25) is 9.69 Å². The highest BCUT2D eigenvalue weighted by atomic mass is 32.2. The van der Waals surface area contributed by atoms with Crippen molar-refractivity contribution in [3.63, 3.8) is 0 Å². The zero-order valence-electron chi connectivity index (χ0n) is 15.8. The minimum absolute atomic E-state index is 0.130. The number of amides is 1. The van der Waals surface area contributed by atoms with Gasteiger partial charge < -0.3 is 4.90 Å². The molecule has 2 aromatic rings. The fourth-order valence-electron chi connectivity index (χ4n) is 3.85. The van der Waals surface area contributed by atoms with E-state index in [4.69, 9.17) is 0 Å². The van der Waals surface area contributed by atoms with Crippen LogP contribution in [0.4, 0.5) is 0 Å². The van der Waals surface area contributed by atoms with Gasteiger partial charge in [0.15, 0.2) is 0 Å². The Bertz CT molecular complexity index is 938. The normalized spacial score (nSPS) is 19.7. The Kier molecular flexibility index (Phi) is 5.48. The van der Waals surface area contributed by atoms with Crippen LogP contribution in [0.2, 0.25) is 0 Å². The van der Waals surface area contributed by atoms with E-state index in [0.29, 0.717) is 6.54 Å². The maximum absolute atomic E-state index is 12.6. The first-order chi connectivity index (χ1) is 13.6. The lowest BCUT2D eigenvalue weighted by Gasteiger charge is -2.35. The van der Waals surface area contributed by atoms with Gasteiger partial charge in [-0.05, 0) is 24.1 Å². The molecule has 6 nitrogen and oxygen atoms in total. The van der Waals surface area contributed by atoms with Crippen molar-refractivity contribution >= 4 is 15.9 Å². The van der Waals surface area contributed by atoms with E-state index < -0.39 is 15.9 Å². The van der Waals surface area contributed by atoms with E-state index in [2.05, 4.69) is 34.1 Å². The van der Waals surface area contributed by atoms with Gasteiger partial charge in [-0.25, -0.2) is 12.7 Å². The molecule has 0 radical (unpaired) electrons. The highest BCUT2D eigenvalue weighted by molar-refractivity contribution is 7.90. The Labute approximate surface area is 166 Å². The second-order valence-electron chi connectivity index (χ2n) is 7.30. The van der Waals surface area contributed by atoms with Gasteiger partial charge in [0.2, 0.25) is 0 Å². The summed E-state index contributed by atoms with van der Waals surface area (Å²) in [6, 6.07) is 16.9. The van der Waals surface area contributed by atoms with Crippen LogP contribution in [0.1, 0.15) is 15.9 Å². The molecule has 2 heterocycles. The van der Waals surface area contributed by atoms with Crippen molar-refractivity contribution in [2.45, 2.75) is 11.3 Å². The number of carbonyl (C=O) groups excluding carboxylic acids is 1. The van der Waals surface area contributed by atoms with Crippen molar-refractivity contribution in [3.8, 4) is 0 Å². The van der Waals surface area contributed by atoms with Gasteiger partial charge in [-0.1, -0.05) is 42.5 Å². The second-order valence-corrected chi connectivity index (χ2v) is 9.13. The Hall–Kier alpha value is -2.22. The Morgan fingerprint density at radius 2 is 1.36 bits per heavy atom. The molecule has 0 bridgehead atoms. The van der Waals surface area contributed by atoms with Crippen LogP contribution in [0.15, 0.2) is 59.5 Å². The molecule has 2 aliphatic rings. The average molecular weight is 400 g/mol. The molecular weight excluding hydrogens is 374 g/mol. The summed E-state index contributed by atoms with van der Waals surface area (Å²) in [6.07, 6.45) is 1.04. The summed E-state index contributed by atoms with van der Waals surface area (Å²) in [7, 11) is -3.70. The first kappa shape index (κ1) is 19.1. The lowest BCUT2D eigenvalue weighted by Crippen LogP contribution is -2.49. The molecule has 1 saturated heterocycles. The van der Waals surface area contributed by atoms with Crippen molar-refractivity contribution in [3.05, 3.63) is 65.7 Å². The second kappa shape index (κ2) is 8.03. The highest BCUT2D eigenvalue weighted by Gasteiger charge is 2.40. The van der Waals surface area contributed by atoms with Crippen molar-refractivity contribution in [2.75, 3.05) is 45.8 Å². The van der Waals surface area contributed by atoms with Gasteiger partial charge in [0, 0.05) is 39.3 Å². The predicted octanol–water partition coefficient (Wildman–Crippen LogP) is 1.69. The quantitative estimate of drug-likeness (QED) is 0.740. The smallest absolute Gasteiger partial charge is 0.269 e. The van der Waals surface area contributed by atoms with Crippen molar-refractivity contribution in [1.29, 1.82) is 0 Å². The van der Waals surface area contributed by atoms with Gasteiger partial charge in [-0.2, -0.15) is 0 Å². The summed E-state index contributed by atoms with van der Waals surface area (Å²) < 4.78 is 26.3. The molecule has 0 atom stereocenters. The van der Waals surface area contributed by atoms with Gasteiger partial charge in [-0.15, -0.1) is 0 Å². The van der Waals surface area contributed by atoms with E-state index in [-0.39, 0.29) is 17.0 Å². The van der Waals surface area contributed by atoms with Crippen molar-refractivity contribution < 1.29 is 13.2 Å². The number of nitrogens with zero attached hydrogens (tertiary/aromatic N) is 3. The third kappa shape index (κ3) is 3.83. The minimum atomic E-state index is -3.70. The van der Waals surface area contributed by atoms with E-state index in [9.17, 15) is 13.2 Å². The number of piperazine rings is 1. The third-order valence-electron chi connectivity index (χ3n) is 5.56. The molecule has 0 spiro atoms. The monoisotopic (exact) mass is 399 g/mol. The SMILES string of the molecule is O=C1c2ccccc2S(=O)(=O)N1CCN1CCN(CCc2ccccc2)CC1. The number of rotatable bonds is 6. The van der Waals surface area contributed by atoms with Crippen molar-refractivity contribution in [1.82, 2.24) is 14.1 Å². The number of sulfonamides is 1. The summed E-state index contributed by atoms with van der Waals surface area (Å²) in [5.74, 6) is -0.405.